The molecule has 1 aliphatic rings. The molecule has 0 saturated heterocycles. The molecule has 3 N–H and O–H groups in total. The summed E-state index contributed by atoms with van der Waals surface area (Å²) < 4.78 is 53.5. The van der Waals surface area contributed by atoms with Crippen molar-refractivity contribution in [1.82, 2.24) is 5.32 Å². The van der Waals surface area contributed by atoms with Crippen LogP contribution in [-0.2, 0) is 27.6 Å². The van der Waals surface area contributed by atoms with E-state index in [1.165, 1.54) is 0 Å². The predicted octanol–water partition coefficient (Wildman–Crippen LogP) is 3.85. The summed E-state index contributed by atoms with van der Waals surface area (Å²) in [4.78, 5) is 24.6. The van der Waals surface area contributed by atoms with Crippen LogP contribution in [-0.4, -0.2) is 17.9 Å². The highest BCUT2D eigenvalue weighted by Gasteiger charge is 2.53. The standard InChI is InChI=1S/C20H17BrF4N2O2/c21-13-4-1-11(2-5-13)9-16(17(26)28)27-18(29)19(7-8-19)14-6-3-12(10-15(14)22)20(23,24)25/h1-6,10,16H,7-9H2,(H2,26,28)(H,27,29)/t16-/m0/s1. The molecule has 3 rings (SSSR count). The van der Waals surface area contributed by atoms with Gasteiger partial charge in [0.25, 0.3) is 0 Å². The van der Waals surface area contributed by atoms with Gasteiger partial charge in [-0.2, -0.15) is 13.2 Å². The number of amides is 2. The van der Waals surface area contributed by atoms with Crippen LogP contribution in [0.2, 0.25) is 0 Å². The molecule has 0 spiro atoms. The van der Waals surface area contributed by atoms with Crippen LogP contribution in [0, 0.1) is 5.82 Å². The second-order valence-corrected chi connectivity index (χ2v) is 7.95. The van der Waals surface area contributed by atoms with Gasteiger partial charge in [-0.3, -0.25) is 9.59 Å². The second kappa shape index (κ2) is 7.78. The smallest absolute Gasteiger partial charge is 0.368 e. The number of nitrogens with one attached hydrogen (secondary N) is 1. The highest BCUT2D eigenvalue weighted by molar-refractivity contribution is 9.10. The van der Waals surface area contributed by atoms with E-state index in [2.05, 4.69) is 21.2 Å². The van der Waals surface area contributed by atoms with Crippen LogP contribution in [0.15, 0.2) is 46.9 Å². The normalized spacial score (nSPS) is 16.2. The summed E-state index contributed by atoms with van der Waals surface area (Å²) in [6.45, 7) is 0. The van der Waals surface area contributed by atoms with Crippen molar-refractivity contribution in [2.45, 2.75) is 36.9 Å². The third-order valence-corrected chi connectivity index (χ3v) is 5.53. The molecule has 0 heterocycles. The molecule has 1 fully saturated rings. The molecule has 0 aromatic heterocycles. The molecular formula is C20H17BrF4N2O2. The predicted molar refractivity (Wildman–Crippen MR) is 101 cm³/mol. The Kier molecular flexibility index (Phi) is 5.71. The summed E-state index contributed by atoms with van der Waals surface area (Å²) in [5.74, 6) is -2.49. The van der Waals surface area contributed by atoms with Crippen molar-refractivity contribution in [3.63, 3.8) is 0 Å². The molecule has 1 aliphatic carbocycles. The minimum atomic E-state index is -4.68. The Morgan fingerprint density at radius 2 is 1.76 bits per heavy atom. The number of benzene rings is 2. The van der Waals surface area contributed by atoms with Gasteiger partial charge in [0.15, 0.2) is 0 Å². The van der Waals surface area contributed by atoms with Crippen LogP contribution in [0.4, 0.5) is 17.6 Å². The third-order valence-electron chi connectivity index (χ3n) is 5.00. The van der Waals surface area contributed by atoms with Crippen molar-refractivity contribution >= 4 is 27.7 Å². The third kappa shape index (κ3) is 4.60. The van der Waals surface area contributed by atoms with Crippen LogP contribution >= 0.6 is 15.9 Å². The maximum atomic E-state index is 14.4. The zero-order valence-electron chi connectivity index (χ0n) is 15.0. The lowest BCUT2D eigenvalue weighted by Gasteiger charge is -2.22. The molecule has 2 amide bonds. The fraction of sp³-hybridized carbons (Fsp3) is 0.300. The van der Waals surface area contributed by atoms with Crippen molar-refractivity contribution < 1.29 is 27.2 Å². The lowest BCUT2D eigenvalue weighted by molar-refractivity contribution is -0.137. The maximum absolute atomic E-state index is 14.4. The van der Waals surface area contributed by atoms with Gasteiger partial charge in [-0.05, 0) is 42.7 Å². The monoisotopic (exact) mass is 472 g/mol. The summed E-state index contributed by atoms with van der Waals surface area (Å²) in [6.07, 6.45) is -4.00. The Labute approximate surface area is 172 Å². The highest BCUT2D eigenvalue weighted by Crippen LogP contribution is 2.50. The lowest BCUT2D eigenvalue weighted by atomic mass is 9.92. The van der Waals surface area contributed by atoms with Crippen LogP contribution in [0.1, 0.15) is 29.5 Å². The molecule has 0 bridgehead atoms. The molecule has 1 atom stereocenters. The minimum absolute atomic E-state index is 0.116. The molecule has 2 aromatic carbocycles. The van der Waals surface area contributed by atoms with Crippen molar-refractivity contribution in [3.8, 4) is 0 Å². The summed E-state index contributed by atoms with van der Waals surface area (Å²) >= 11 is 3.30. The fourth-order valence-corrected chi connectivity index (χ4v) is 3.46. The van der Waals surface area contributed by atoms with E-state index < -0.39 is 40.8 Å². The van der Waals surface area contributed by atoms with Crippen LogP contribution in [0.5, 0.6) is 0 Å². The van der Waals surface area contributed by atoms with Gasteiger partial charge in [0.1, 0.15) is 11.9 Å². The molecule has 2 aromatic rings. The fourth-order valence-electron chi connectivity index (χ4n) is 3.20. The summed E-state index contributed by atoms with van der Waals surface area (Å²) in [6, 6.07) is 8.15. The van der Waals surface area contributed by atoms with Gasteiger partial charge >= 0.3 is 6.18 Å². The van der Waals surface area contributed by atoms with E-state index in [1.807, 2.05) is 0 Å². The van der Waals surface area contributed by atoms with Gasteiger partial charge in [-0.25, -0.2) is 4.39 Å². The topological polar surface area (TPSA) is 72.2 Å². The van der Waals surface area contributed by atoms with E-state index in [0.29, 0.717) is 6.07 Å². The van der Waals surface area contributed by atoms with Crippen LogP contribution in [0.25, 0.3) is 0 Å². The molecule has 0 aliphatic heterocycles. The van der Waals surface area contributed by atoms with Gasteiger partial charge in [0, 0.05) is 16.5 Å². The maximum Gasteiger partial charge on any atom is 0.416 e. The van der Waals surface area contributed by atoms with Gasteiger partial charge in [-0.15, -0.1) is 0 Å². The Bertz CT molecular complexity index is 940. The molecule has 4 nitrogen and oxygen atoms in total. The van der Waals surface area contributed by atoms with Gasteiger partial charge in [-0.1, -0.05) is 34.1 Å². The zero-order chi connectivity index (χ0) is 21.4. The molecule has 0 radical (unpaired) electrons. The number of halogens is 5. The number of hydrogen-bond acceptors (Lipinski definition) is 2. The number of rotatable bonds is 6. The number of hydrogen-bond donors (Lipinski definition) is 2. The summed E-state index contributed by atoms with van der Waals surface area (Å²) in [7, 11) is 0. The van der Waals surface area contributed by atoms with E-state index in [9.17, 15) is 27.2 Å². The summed E-state index contributed by atoms with van der Waals surface area (Å²) in [5.41, 5.74) is 3.62. The van der Waals surface area contributed by atoms with Crippen molar-refractivity contribution in [1.29, 1.82) is 0 Å². The van der Waals surface area contributed by atoms with Crippen molar-refractivity contribution in [2.24, 2.45) is 5.73 Å². The lowest BCUT2D eigenvalue weighted by Crippen LogP contribution is -2.49. The van der Waals surface area contributed by atoms with Crippen molar-refractivity contribution in [3.05, 3.63) is 69.4 Å². The number of primary amides is 1. The average Bonchev–Trinajstić information content (AvgIpc) is 3.43. The molecular weight excluding hydrogens is 456 g/mol. The SMILES string of the molecule is NC(=O)[C@H](Cc1ccc(Br)cc1)NC(=O)C1(c2ccc(C(F)(F)F)cc2F)CC1. The van der Waals surface area contributed by atoms with E-state index >= 15 is 0 Å². The van der Waals surface area contributed by atoms with Gasteiger partial charge < -0.3 is 11.1 Å². The molecule has 29 heavy (non-hydrogen) atoms. The summed E-state index contributed by atoms with van der Waals surface area (Å²) in [5, 5.41) is 2.54. The first-order valence-electron chi connectivity index (χ1n) is 8.75. The number of carbonyl (C=O) groups excluding carboxylic acids is 2. The van der Waals surface area contributed by atoms with E-state index in [4.69, 9.17) is 5.73 Å². The molecule has 1 saturated carbocycles. The first-order valence-corrected chi connectivity index (χ1v) is 9.54. The Morgan fingerprint density at radius 1 is 1.14 bits per heavy atom. The minimum Gasteiger partial charge on any atom is -0.368 e. The Balaban J connectivity index is 1.79. The molecule has 0 unspecified atom stereocenters. The first kappa shape index (κ1) is 21.3. The largest absolute Gasteiger partial charge is 0.416 e. The zero-order valence-corrected chi connectivity index (χ0v) is 16.6. The second-order valence-electron chi connectivity index (χ2n) is 7.03. The number of alkyl halides is 3. The quantitative estimate of drug-likeness (QED) is 0.626. The highest BCUT2D eigenvalue weighted by atomic mass is 79.9. The molecule has 154 valence electrons. The first-order chi connectivity index (χ1) is 13.5. The van der Waals surface area contributed by atoms with E-state index in [1.54, 1.807) is 24.3 Å². The Hall–Kier alpha value is -2.42. The van der Waals surface area contributed by atoms with Crippen LogP contribution < -0.4 is 11.1 Å². The van der Waals surface area contributed by atoms with E-state index in [0.717, 1.165) is 22.2 Å². The Morgan fingerprint density at radius 3 is 2.24 bits per heavy atom. The average molecular weight is 473 g/mol. The van der Waals surface area contributed by atoms with Gasteiger partial charge in [0.2, 0.25) is 11.8 Å². The number of nitrogens with two attached hydrogens (primary N) is 1. The van der Waals surface area contributed by atoms with Gasteiger partial charge in [0.05, 0.1) is 11.0 Å². The number of carbonyl (C=O) groups is 2. The van der Waals surface area contributed by atoms with Crippen LogP contribution in [0.3, 0.4) is 0 Å². The van der Waals surface area contributed by atoms with Crippen molar-refractivity contribution in [2.75, 3.05) is 0 Å². The molecule has 9 heteroatoms. The van der Waals surface area contributed by atoms with E-state index in [-0.39, 0.29) is 24.8 Å².